The molecule has 4 aromatic rings. The van der Waals surface area contributed by atoms with Gasteiger partial charge < -0.3 is 24.1 Å². The number of methoxy groups -OCH3 is 1. The Morgan fingerprint density at radius 1 is 0.951 bits per heavy atom. The topological polar surface area (TPSA) is 94.3 Å². The smallest absolute Gasteiger partial charge is 0.337 e. The Bertz CT molecular complexity index is 1410. The fourth-order valence-electron chi connectivity index (χ4n) is 4.67. The van der Waals surface area contributed by atoms with Crippen LogP contribution in [0.3, 0.4) is 0 Å². The van der Waals surface area contributed by atoms with E-state index in [9.17, 15) is 9.59 Å². The van der Waals surface area contributed by atoms with Gasteiger partial charge in [-0.15, -0.1) is 0 Å². The van der Waals surface area contributed by atoms with Gasteiger partial charge in [0.2, 0.25) is 5.95 Å². The SMILES string of the molecule is COC(=O)c1ccc(Nc2nc3ccc(C(=O)N(CCC(C)C)CCC(C)C)cc3n2CCCn2ccnc2)cc1. The Morgan fingerprint density at radius 3 is 2.24 bits per heavy atom. The molecule has 0 radical (unpaired) electrons. The third-order valence-corrected chi connectivity index (χ3v) is 7.15. The molecule has 0 unspecified atom stereocenters. The number of esters is 1. The normalized spacial score (nSPS) is 11.4. The van der Waals surface area contributed by atoms with Gasteiger partial charge in [-0.05, 0) is 73.6 Å². The largest absolute Gasteiger partial charge is 0.465 e. The van der Waals surface area contributed by atoms with E-state index in [1.54, 1.807) is 18.3 Å². The number of aryl methyl sites for hydroxylation is 2. The number of benzene rings is 2. The van der Waals surface area contributed by atoms with Crippen molar-refractivity contribution in [3.05, 3.63) is 72.3 Å². The number of fused-ring (bicyclic) bond motifs is 1. The molecule has 0 spiro atoms. The molecular weight excluding hydrogens is 516 g/mol. The number of hydrogen-bond donors (Lipinski definition) is 1. The molecule has 2 heterocycles. The van der Waals surface area contributed by atoms with Crippen LogP contribution in [0.1, 0.15) is 67.7 Å². The monoisotopic (exact) mass is 558 g/mol. The number of carbonyl (C=O) groups is 2. The van der Waals surface area contributed by atoms with Gasteiger partial charge in [0.25, 0.3) is 5.91 Å². The highest BCUT2D eigenvalue weighted by Crippen LogP contribution is 2.26. The van der Waals surface area contributed by atoms with Gasteiger partial charge in [0, 0.05) is 49.8 Å². The first-order valence-electron chi connectivity index (χ1n) is 14.5. The first kappa shape index (κ1) is 29.8. The van der Waals surface area contributed by atoms with Gasteiger partial charge in [0.15, 0.2) is 0 Å². The Hall–Kier alpha value is -4.14. The summed E-state index contributed by atoms with van der Waals surface area (Å²) in [6, 6.07) is 12.9. The van der Waals surface area contributed by atoms with E-state index < -0.39 is 0 Å². The molecule has 0 aliphatic heterocycles. The number of aromatic nitrogens is 4. The summed E-state index contributed by atoms with van der Waals surface area (Å²) in [4.78, 5) is 36.6. The minimum absolute atomic E-state index is 0.0623. The summed E-state index contributed by atoms with van der Waals surface area (Å²) in [7, 11) is 1.37. The fraction of sp³-hybridized carbons (Fsp3) is 0.438. The molecule has 9 nitrogen and oxygen atoms in total. The zero-order valence-corrected chi connectivity index (χ0v) is 24.8. The Balaban J connectivity index is 1.64. The van der Waals surface area contributed by atoms with Crippen LogP contribution >= 0.6 is 0 Å². The van der Waals surface area contributed by atoms with Crippen LogP contribution in [0, 0.1) is 11.8 Å². The van der Waals surface area contributed by atoms with Crippen molar-refractivity contribution in [3.63, 3.8) is 0 Å². The van der Waals surface area contributed by atoms with Crippen molar-refractivity contribution in [1.29, 1.82) is 0 Å². The molecule has 2 aromatic heterocycles. The predicted molar refractivity (Wildman–Crippen MR) is 162 cm³/mol. The summed E-state index contributed by atoms with van der Waals surface area (Å²) in [6.45, 7) is 11.8. The van der Waals surface area contributed by atoms with Crippen molar-refractivity contribution in [1.82, 2.24) is 24.0 Å². The van der Waals surface area contributed by atoms with Crippen LogP contribution in [-0.2, 0) is 17.8 Å². The summed E-state index contributed by atoms with van der Waals surface area (Å²) in [5, 5.41) is 3.41. The van der Waals surface area contributed by atoms with Crippen molar-refractivity contribution < 1.29 is 14.3 Å². The maximum Gasteiger partial charge on any atom is 0.337 e. The van der Waals surface area contributed by atoms with E-state index in [1.165, 1.54) is 7.11 Å². The molecule has 0 atom stereocenters. The quantitative estimate of drug-likeness (QED) is 0.180. The van der Waals surface area contributed by atoms with Gasteiger partial charge in [-0.25, -0.2) is 14.8 Å². The van der Waals surface area contributed by atoms with Crippen molar-refractivity contribution >= 4 is 34.5 Å². The lowest BCUT2D eigenvalue weighted by atomic mass is 10.1. The van der Waals surface area contributed by atoms with Gasteiger partial charge in [0.05, 0.1) is 30.0 Å². The number of anilines is 2. The predicted octanol–water partition coefficient (Wildman–Crippen LogP) is 6.39. The summed E-state index contributed by atoms with van der Waals surface area (Å²) in [5.74, 6) is 1.42. The van der Waals surface area contributed by atoms with Crippen LogP contribution < -0.4 is 5.32 Å². The third kappa shape index (κ3) is 7.96. The average molecular weight is 559 g/mol. The molecule has 0 fully saturated rings. The number of carbonyl (C=O) groups excluding carboxylic acids is 2. The number of nitrogens with one attached hydrogen (secondary N) is 1. The summed E-state index contributed by atoms with van der Waals surface area (Å²) in [6.07, 6.45) is 8.34. The van der Waals surface area contributed by atoms with E-state index in [0.29, 0.717) is 35.5 Å². The van der Waals surface area contributed by atoms with Crippen LogP contribution in [-0.4, -0.2) is 56.1 Å². The van der Waals surface area contributed by atoms with Crippen LogP contribution in [0.4, 0.5) is 11.6 Å². The van der Waals surface area contributed by atoms with Gasteiger partial charge in [-0.3, -0.25) is 4.79 Å². The van der Waals surface area contributed by atoms with Gasteiger partial charge in [-0.1, -0.05) is 27.7 Å². The van der Waals surface area contributed by atoms with Crippen LogP contribution in [0.25, 0.3) is 11.0 Å². The number of ether oxygens (including phenoxy) is 1. The van der Waals surface area contributed by atoms with Crippen LogP contribution in [0.15, 0.2) is 61.2 Å². The molecule has 1 N–H and O–H groups in total. The summed E-state index contributed by atoms with van der Waals surface area (Å²) in [5.41, 5.74) is 3.68. The average Bonchev–Trinajstić information content (AvgIpc) is 3.60. The molecule has 4 rings (SSSR count). The number of hydrogen-bond acceptors (Lipinski definition) is 6. The molecule has 9 heteroatoms. The molecule has 0 bridgehead atoms. The molecule has 2 aromatic carbocycles. The third-order valence-electron chi connectivity index (χ3n) is 7.15. The minimum Gasteiger partial charge on any atom is -0.465 e. The van der Waals surface area contributed by atoms with Crippen molar-refractivity contribution in [2.45, 2.75) is 60.0 Å². The number of amides is 1. The Morgan fingerprint density at radius 2 is 1.63 bits per heavy atom. The molecule has 1 amide bonds. The van der Waals surface area contributed by atoms with Gasteiger partial charge in [0.1, 0.15) is 0 Å². The molecular formula is C32H42N6O3. The van der Waals surface area contributed by atoms with Crippen molar-refractivity contribution in [2.75, 3.05) is 25.5 Å². The van der Waals surface area contributed by atoms with Gasteiger partial charge >= 0.3 is 5.97 Å². The van der Waals surface area contributed by atoms with E-state index in [0.717, 1.165) is 55.6 Å². The minimum atomic E-state index is -0.378. The standard InChI is InChI=1S/C32H42N6O3/c1-23(2)13-18-37(19-14-24(3)4)30(39)26-9-12-28-29(21-26)38(17-6-16-36-20-15-33-22-36)32(35-28)34-27-10-7-25(8-11-27)31(40)41-5/h7-12,15,20-24H,6,13-14,16-19H2,1-5H3,(H,34,35). The van der Waals surface area contributed by atoms with E-state index in [-0.39, 0.29) is 11.9 Å². The Kier molecular flexibility index (Phi) is 10.2. The lowest BCUT2D eigenvalue weighted by Crippen LogP contribution is -2.34. The second-order valence-electron chi connectivity index (χ2n) is 11.3. The molecule has 0 aliphatic rings. The van der Waals surface area contributed by atoms with Crippen molar-refractivity contribution in [2.24, 2.45) is 11.8 Å². The summed E-state index contributed by atoms with van der Waals surface area (Å²) >= 11 is 0. The Labute approximate surface area is 242 Å². The highest BCUT2D eigenvalue weighted by Gasteiger charge is 2.19. The lowest BCUT2D eigenvalue weighted by molar-refractivity contribution is 0.0600. The lowest BCUT2D eigenvalue weighted by Gasteiger charge is -2.24. The fourth-order valence-corrected chi connectivity index (χ4v) is 4.67. The highest BCUT2D eigenvalue weighted by molar-refractivity contribution is 5.98. The van der Waals surface area contributed by atoms with E-state index in [4.69, 9.17) is 9.72 Å². The van der Waals surface area contributed by atoms with Crippen molar-refractivity contribution in [3.8, 4) is 0 Å². The highest BCUT2D eigenvalue weighted by atomic mass is 16.5. The zero-order chi connectivity index (χ0) is 29.4. The molecule has 218 valence electrons. The van der Waals surface area contributed by atoms with Gasteiger partial charge in [-0.2, -0.15) is 0 Å². The number of rotatable bonds is 14. The molecule has 0 saturated heterocycles. The van der Waals surface area contributed by atoms with E-state index in [1.807, 2.05) is 52.3 Å². The summed E-state index contributed by atoms with van der Waals surface area (Å²) < 4.78 is 8.99. The maximum atomic E-state index is 13.7. The number of nitrogens with zero attached hydrogens (tertiary/aromatic N) is 5. The van der Waals surface area contributed by atoms with E-state index in [2.05, 4.69) is 42.6 Å². The van der Waals surface area contributed by atoms with Crippen LogP contribution in [0.2, 0.25) is 0 Å². The van der Waals surface area contributed by atoms with Crippen LogP contribution in [0.5, 0.6) is 0 Å². The van der Waals surface area contributed by atoms with E-state index >= 15 is 0 Å². The second kappa shape index (κ2) is 14.0. The molecule has 41 heavy (non-hydrogen) atoms. The maximum absolute atomic E-state index is 13.7. The number of imidazole rings is 2. The molecule has 0 saturated carbocycles. The first-order chi connectivity index (χ1) is 19.7. The first-order valence-corrected chi connectivity index (χ1v) is 14.5. The molecule has 0 aliphatic carbocycles. The second-order valence-corrected chi connectivity index (χ2v) is 11.3. The zero-order valence-electron chi connectivity index (χ0n) is 24.8.